The summed E-state index contributed by atoms with van der Waals surface area (Å²) in [4.78, 5) is 26.1. The van der Waals surface area contributed by atoms with E-state index >= 15 is 0 Å². The third kappa shape index (κ3) is 5.96. The van der Waals surface area contributed by atoms with Crippen LogP contribution in [-0.2, 0) is 16.1 Å². The summed E-state index contributed by atoms with van der Waals surface area (Å²) in [6.07, 6.45) is 0.810. The van der Waals surface area contributed by atoms with Crippen molar-refractivity contribution >= 4 is 12.2 Å². The number of alkyl carbamates (subject to hydrolysis) is 1. The van der Waals surface area contributed by atoms with E-state index in [2.05, 4.69) is 5.32 Å². The summed E-state index contributed by atoms with van der Waals surface area (Å²) in [7, 11) is 0. The van der Waals surface area contributed by atoms with Crippen molar-refractivity contribution in [1.29, 1.82) is 0 Å². The van der Waals surface area contributed by atoms with Gasteiger partial charge >= 0.3 is 12.2 Å². The van der Waals surface area contributed by atoms with Gasteiger partial charge in [0.2, 0.25) is 0 Å². The van der Waals surface area contributed by atoms with Gasteiger partial charge in [-0.2, -0.15) is 0 Å². The van der Waals surface area contributed by atoms with Gasteiger partial charge in [0, 0.05) is 6.54 Å². The van der Waals surface area contributed by atoms with Crippen molar-refractivity contribution in [3.05, 3.63) is 35.9 Å². The van der Waals surface area contributed by atoms with E-state index in [1.807, 2.05) is 58.0 Å². The Bertz CT molecular complexity index is 583. The first-order chi connectivity index (χ1) is 11.8. The molecule has 2 amide bonds. The van der Waals surface area contributed by atoms with Crippen molar-refractivity contribution in [2.24, 2.45) is 0 Å². The van der Waals surface area contributed by atoms with E-state index < -0.39 is 11.7 Å². The number of likely N-dealkylation sites (tertiary alicyclic amines) is 1. The van der Waals surface area contributed by atoms with E-state index in [4.69, 9.17) is 9.47 Å². The molecule has 2 atom stereocenters. The molecule has 2 rings (SSSR count). The van der Waals surface area contributed by atoms with E-state index in [0.29, 0.717) is 6.54 Å². The highest BCUT2D eigenvalue weighted by Crippen LogP contribution is 2.21. The number of ether oxygens (including phenoxy) is 2. The predicted molar refractivity (Wildman–Crippen MR) is 95.2 cm³/mol. The zero-order valence-corrected chi connectivity index (χ0v) is 15.5. The lowest BCUT2D eigenvalue weighted by molar-refractivity contribution is 0.00666. The van der Waals surface area contributed by atoms with E-state index in [1.54, 1.807) is 4.90 Å². The quantitative estimate of drug-likeness (QED) is 0.904. The molecule has 0 radical (unpaired) electrons. The smallest absolute Gasteiger partial charge is 0.410 e. The topological polar surface area (TPSA) is 67.9 Å². The van der Waals surface area contributed by atoms with Crippen LogP contribution in [0.3, 0.4) is 0 Å². The molecule has 0 saturated carbocycles. The zero-order valence-electron chi connectivity index (χ0n) is 15.5. The van der Waals surface area contributed by atoms with Gasteiger partial charge in [0.1, 0.15) is 12.2 Å². The van der Waals surface area contributed by atoms with Crippen LogP contribution in [0.5, 0.6) is 0 Å². The largest absolute Gasteiger partial charge is 0.445 e. The average Bonchev–Trinajstić information content (AvgIpc) is 2.54. The van der Waals surface area contributed by atoms with Gasteiger partial charge in [-0.05, 0) is 46.1 Å². The molecular formula is C19H28N2O4. The highest BCUT2D eigenvalue weighted by Gasteiger charge is 2.34. The van der Waals surface area contributed by atoms with Crippen molar-refractivity contribution < 1.29 is 19.1 Å². The van der Waals surface area contributed by atoms with Crippen molar-refractivity contribution in [2.75, 3.05) is 6.54 Å². The van der Waals surface area contributed by atoms with Crippen molar-refractivity contribution in [3.63, 3.8) is 0 Å². The highest BCUT2D eigenvalue weighted by atomic mass is 16.6. The van der Waals surface area contributed by atoms with Gasteiger partial charge < -0.3 is 19.7 Å². The summed E-state index contributed by atoms with van der Waals surface area (Å²) in [5, 5.41) is 2.88. The van der Waals surface area contributed by atoms with Crippen LogP contribution in [0, 0.1) is 0 Å². The minimum absolute atomic E-state index is 0.145. The number of hydrogen-bond donors (Lipinski definition) is 1. The maximum absolute atomic E-state index is 12.3. The van der Waals surface area contributed by atoms with Gasteiger partial charge in [-0.15, -0.1) is 0 Å². The maximum Gasteiger partial charge on any atom is 0.410 e. The highest BCUT2D eigenvalue weighted by molar-refractivity contribution is 5.70. The SMILES string of the molecule is C[C@H]1[C@H](NC(=O)OCc2ccccc2)CCCN1C(=O)OC(C)(C)C. The molecule has 1 fully saturated rings. The molecule has 6 heteroatoms. The molecule has 0 aliphatic carbocycles. The molecule has 1 aromatic rings. The van der Waals surface area contributed by atoms with Crippen LogP contribution in [0.15, 0.2) is 30.3 Å². The molecule has 25 heavy (non-hydrogen) atoms. The number of nitrogens with zero attached hydrogens (tertiary/aromatic N) is 1. The van der Waals surface area contributed by atoms with Crippen molar-refractivity contribution in [1.82, 2.24) is 10.2 Å². The number of piperidine rings is 1. The molecule has 1 heterocycles. The lowest BCUT2D eigenvalue weighted by atomic mass is 9.98. The number of carbonyl (C=O) groups is 2. The Hall–Kier alpha value is -2.24. The van der Waals surface area contributed by atoms with Gasteiger partial charge in [0.05, 0.1) is 12.1 Å². The molecule has 0 aromatic heterocycles. The average molecular weight is 348 g/mol. The number of amides is 2. The van der Waals surface area contributed by atoms with Gasteiger partial charge in [-0.3, -0.25) is 0 Å². The fourth-order valence-corrected chi connectivity index (χ4v) is 2.83. The number of nitrogens with one attached hydrogen (secondary N) is 1. The van der Waals surface area contributed by atoms with Gasteiger partial charge in [0.25, 0.3) is 0 Å². The second-order valence-electron chi connectivity index (χ2n) is 7.37. The van der Waals surface area contributed by atoms with Crippen LogP contribution < -0.4 is 5.32 Å². The molecule has 1 aliphatic heterocycles. The lowest BCUT2D eigenvalue weighted by Crippen LogP contribution is -2.56. The van der Waals surface area contributed by atoms with Crippen molar-refractivity contribution in [3.8, 4) is 0 Å². The van der Waals surface area contributed by atoms with Gasteiger partial charge in [-0.25, -0.2) is 9.59 Å². The molecule has 138 valence electrons. The Balaban J connectivity index is 1.86. The molecule has 1 saturated heterocycles. The molecule has 0 bridgehead atoms. The Morgan fingerprint density at radius 1 is 1.24 bits per heavy atom. The van der Waals surface area contributed by atoms with E-state index in [1.165, 1.54) is 0 Å². The minimum atomic E-state index is -0.536. The van der Waals surface area contributed by atoms with Crippen LogP contribution >= 0.6 is 0 Å². The van der Waals surface area contributed by atoms with Crippen LogP contribution in [0.25, 0.3) is 0 Å². The minimum Gasteiger partial charge on any atom is -0.445 e. The fourth-order valence-electron chi connectivity index (χ4n) is 2.83. The third-order valence-corrected chi connectivity index (χ3v) is 4.13. The Morgan fingerprint density at radius 3 is 2.56 bits per heavy atom. The molecule has 6 nitrogen and oxygen atoms in total. The fraction of sp³-hybridized carbons (Fsp3) is 0.579. The van der Waals surface area contributed by atoms with Crippen LogP contribution in [0.4, 0.5) is 9.59 Å². The molecule has 1 N–H and O–H groups in total. The Labute approximate surface area is 149 Å². The maximum atomic E-state index is 12.3. The predicted octanol–water partition coefficient (Wildman–Crippen LogP) is 3.70. The molecule has 1 aromatic carbocycles. The van der Waals surface area contributed by atoms with Gasteiger partial charge in [-0.1, -0.05) is 30.3 Å². The number of carbonyl (C=O) groups excluding carboxylic acids is 2. The summed E-state index contributed by atoms with van der Waals surface area (Å²) < 4.78 is 10.7. The van der Waals surface area contributed by atoms with Crippen LogP contribution in [0.1, 0.15) is 46.1 Å². The second-order valence-corrected chi connectivity index (χ2v) is 7.37. The first-order valence-electron chi connectivity index (χ1n) is 8.73. The standard InChI is InChI=1S/C19H28N2O4/c1-14-16(11-8-12-21(14)18(23)25-19(2,3)4)20-17(22)24-13-15-9-6-5-7-10-15/h5-7,9-10,14,16H,8,11-13H2,1-4H3,(H,20,22)/t14-,16+/m0/s1. The molecule has 0 unspecified atom stereocenters. The van der Waals surface area contributed by atoms with Crippen LogP contribution in [0.2, 0.25) is 0 Å². The normalized spacial score (nSPS) is 20.7. The zero-order chi connectivity index (χ0) is 18.4. The first kappa shape index (κ1) is 19.1. The van der Waals surface area contributed by atoms with E-state index in [-0.39, 0.29) is 24.8 Å². The first-order valence-corrected chi connectivity index (χ1v) is 8.73. The third-order valence-electron chi connectivity index (χ3n) is 4.13. The van der Waals surface area contributed by atoms with Crippen molar-refractivity contribution in [2.45, 2.75) is 64.8 Å². The second kappa shape index (κ2) is 8.23. The number of benzene rings is 1. The Kier molecular flexibility index (Phi) is 6.28. The summed E-state index contributed by atoms with van der Waals surface area (Å²) >= 11 is 0. The monoisotopic (exact) mass is 348 g/mol. The summed E-state index contributed by atoms with van der Waals surface area (Å²) in [5.41, 5.74) is 0.399. The Morgan fingerprint density at radius 2 is 1.92 bits per heavy atom. The summed E-state index contributed by atoms with van der Waals surface area (Å²) in [6.45, 7) is 8.31. The summed E-state index contributed by atoms with van der Waals surface area (Å²) in [5.74, 6) is 0. The molecular weight excluding hydrogens is 320 g/mol. The van der Waals surface area contributed by atoms with E-state index in [0.717, 1.165) is 18.4 Å². The van der Waals surface area contributed by atoms with Gasteiger partial charge in [0.15, 0.2) is 0 Å². The molecule has 0 spiro atoms. The lowest BCUT2D eigenvalue weighted by Gasteiger charge is -2.39. The number of rotatable bonds is 3. The molecule has 1 aliphatic rings. The van der Waals surface area contributed by atoms with Crippen LogP contribution in [-0.4, -0.2) is 41.3 Å². The number of hydrogen-bond acceptors (Lipinski definition) is 4. The summed E-state index contributed by atoms with van der Waals surface area (Å²) in [6, 6.07) is 9.23. The van der Waals surface area contributed by atoms with E-state index in [9.17, 15) is 9.59 Å².